The van der Waals surface area contributed by atoms with Crippen molar-refractivity contribution in [2.45, 2.75) is 32.6 Å². The van der Waals surface area contributed by atoms with Gasteiger partial charge >= 0.3 is 0 Å². The van der Waals surface area contributed by atoms with E-state index in [0.29, 0.717) is 5.13 Å². The van der Waals surface area contributed by atoms with Gasteiger partial charge in [0.2, 0.25) is 5.13 Å². The Morgan fingerprint density at radius 2 is 1.85 bits per heavy atom. The Morgan fingerprint density at radius 1 is 1.23 bits per heavy atom. The molecule has 0 saturated heterocycles. The second-order valence-electron chi connectivity index (χ2n) is 5.39. The topological polar surface area (TPSA) is 116 Å². The zero-order valence-corrected chi connectivity index (χ0v) is 15.8. The molecule has 1 amide bonds. The number of benzene rings is 1. The molecule has 1 heterocycles. The van der Waals surface area contributed by atoms with Gasteiger partial charge in [0.05, 0.1) is 25.2 Å². The van der Waals surface area contributed by atoms with E-state index < -0.39 is 10.8 Å². The van der Waals surface area contributed by atoms with Gasteiger partial charge in [0.15, 0.2) is 11.5 Å². The summed E-state index contributed by atoms with van der Waals surface area (Å²) in [6.45, 7) is 4.11. The van der Waals surface area contributed by atoms with Crippen molar-refractivity contribution < 1.29 is 19.2 Å². The van der Waals surface area contributed by atoms with Gasteiger partial charge in [-0.2, -0.15) is 0 Å². The van der Waals surface area contributed by atoms with Crippen LogP contribution in [0.4, 0.5) is 10.8 Å². The number of nitro groups is 1. The fraction of sp³-hybridized carbons (Fsp3) is 0.438. The summed E-state index contributed by atoms with van der Waals surface area (Å²) in [5.74, 6) is -0.000568. The van der Waals surface area contributed by atoms with Crippen molar-refractivity contribution in [1.29, 1.82) is 0 Å². The number of anilines is 1. The van der Waals surface area contributed by atoms with Crippen LogP contribution in [-0.2, 0) is 0 Å². The Morgan fingerprint density at radius 3 is 2.38 bits per heavy atom. The van der Waals surface area contributed by atoms with E-state index in [-0.39, 0.29) is 28.7 Å². The van der Waals surface area contributed by atoms with Crippen molar-refractivity contribution in [2.75, 3.05) is 19.5 Å². The molecule has 0 aliphatic rings. The van der Waals surface area contributed by atoms with Gasteiger partial charge in [-0.3, -0.25) is 20.2 Å². The maximum atomic E-state index is 12.6. The second-order valence-corrected chi connectivity index (χ2v) is 6.40. The minimum Gasteiger partial charge on any atom is -0.493 e. The largest absolute Gasteiger partial charge is 0.493 e. The van der Waals surface area contributed by atoms with Gasteiger partial charge in [-0.05, 0) is 12.8 Å². The molecule has 0 unspecified atom stereocenters. The number of nitrogens with one attached hydrogen (secondary N) is 1. The van der Waals surface area contributed by atoms with Gasteiger partial charge in [0, 0.05) is 12.0 Å². The van der Waals surface area contributed by atoms with Crippen LogP contribution in [0, 0.1) is 10.1 Å². The van der Waals surface area contributed by atoms with Crippen molar-refractivity contribution in [3.05, 3.63) is 32.8 Å². The molecule has 0 fully saturated rings. The lowest BCUT2D eigenvalue weighted by molar-refractivity contribution is -0.385. The average molecular weight is 380 g/mol. The fourth-order valence-electron chi connectivity index (χ4n) is 2.45. The monoisotopic (exact) mass is 380 g/mol. The molecular weight excluding hydrogens is 360 g/mol. The third-order valence-corrected chi connectivity index (χ3v) is 4.94. The molecule has 9 nitrogen and oxygen atoms in total. The van der Waals surface area contributed by atoms with E-state index >= 15 is 0 Å². The Bertz CT molecular complexity index is 804. The number of rotatable bonds is 8. The number of carbonyl (C=O) groups is 1. The van der Waals surface area contributed by atoms with Crippen LogP contribution in [0.5, 0.6) is 11.5 Å². The van der Waals surface area contributed by atoms with E-state index in [2.05, 4.69) is 29.4 Å². The zero-order chi connectivity index (χ0) is 19.3. The van der Waals surface area contributed by atoms with Gasteiger partial charge in [-0.1, -0.05) is 25.2 Å². The molecule has 0 radical (unpaired) electrons. The van der Waals surface area contributed by atoms with Gasteiger partial charge in [-0.15, -0.1) is 10.2 Å². The van der Waals surface area contributed by atoms with E-state index in [0.717, 1.165) is 23.9 Å². The van der Waals surface area contributed by atoms with E-state index in [1.807, 2.05) is 0 Å². The second kappa shape index (κ2) is 8.56. The number of nitrogens with zero attached hydrogens (tertiary/aromatic N) is 3. The summed E-state index contributed by atoms with van der Waals surface area (Å²) >= 11 is 1.27. The molecule has 0 aliphatic carbocycles. The molecule has 0 atom stereocenters. The lowest BCUT2D eigenvalue weighted by atomic mass is 10.1. The first kappa shape index (κ1) is 19.6. The number of carbonyl (C=O) groups excluding carboxylic acids is 1. The molecular formula is C16H20N4O5S. The molecule has 0 saturated carbocycles. The van der Waals surface area contributed by atoms with Gasteiger partial charge in [0.25, 0.3) is 11.6 Å². The molecule has 2 rings (SSSR count). The fourth-order valence-corrected chi connectivity index (χ4v) is 3.46. The van der Waals surface area contributed by atoms with Gasteiger partial charge < -0.3 is 9.47 Å². The minimum atomic E-state index is -0.662. The number of hydrogen-bond acceptors (Lipinski definition) is 8. The Hall–Kier alpha value is -2.75. The molecule has 10 heteroatoms. The SMILES string of the molecule is CCC(CC)c1nnc(NC(=O)c2cc(OC)c(OC)cc2[N+](=O)[O-])s1. The number of aromatic nitrogens is 2. The Balaban J connectivity index is 2.33. The zero-order valence-electron chi connectivity index (χ0n) is 14.9. The highest BCUT2D eigenvalue weighted by Gasteiger charge is 2.25. The number of nitro benzene ring substituents is 1. The molecule has 0 aliphatic heterocycles. The summed E-state index contributed by atoms with van der Waals surface area (Å²) in [5, 5.41) is 23.1. The van der Waals surface area contributed by atoms with Crippen molar-refractivity contribution in [3.8, 4) is 11.5 Å². The molecule has 1 aromatic heterocycles. The summed E-state index contributed by atoms with van der Waals surface area (Å²) in [7, 11) is 2.75. The molecule has 2 aromatic rings. The van der Waals surface area contributed by atoms with Crippen LogP contribution in [0.15, 0.2) is 12.1 Å². The maximum absolute atomic E-state index is 12.6. The third kappa shape index (κ3) is 4.07. The van der Waals surface area contributed by atoms with Gasteiger partial charge in [-0.25, -0.2) is 0 Å². The summed E-state index contributed by atoms with van der Waals surface area (Å²) in [5.41, 5.74) is -0.531. The van der Waals surface area contributed by atoms with Gasteiger partial charge in [0.1, 0.15) is 10.6 Å². The molecule has 26 heavy (non-hydrogen) atoms. The number of methoxy groups -OCH3 is 2. The minimum absolute atomic E-state index is 0.146. The van der Waals surface area contributed by atoms with Crippen molar-refractivity contribution >= 4 is 28.1 Å². The molecule has 0 bridgehead atoms. The predicted molar refractivity (Wildman–Crippen MR) is 97.4 cm³/mol. The van der Waals surface area contributed by atoms with Crippen LogP contribution in [0.3, 0.4) is 0 Å². The third-order valence-electron chi connectivity index (χ3n) is 3.94. The quantitative estimate of drug-likeness (QED) is 0.549. The summed E-state index contributed by atoms with van der Waals surface area (Å²) in [6, 6.07) is 2.43. The summed E-state index contributed by atoms with van der Waals surface area (Å²) in [6.07, 6.45) is 1.83. The molecule has 140 valence electrons. The highest BCUT2D eigenvalue weighted by atomic mass is 32.1. The van der Waals surface area contributed by atoms with Crippen molar-refractivity contribution in [3.63, 3.8) is 0 Å². The smallest absolute Gasteiger partial charge is 0.286 e. The first-order chi connectivity index (χ1) is 12.4. The highest BCUT2D eigenvalue weighted by molar-refractivity contribution is 7.15. The average Bonchev–Trinajstić information content (AvgIpc) is 3.09. The normalized spacial score (nSPS) is 10.7. The predicted octanol–water partition coefficient (Wildman–Crippen LogP) is 3.62. The number of hydrogen-bond donors (Lipinski definition) is 1. The van der Waals surface area contributed by atoms with E-state index in [1.165, 1.54) is 31.6 Å². The van der Waals surface area contributed by atoms with Crippen molar-refractivity contribution in [1.82, 2.24) is 10.2 Å². The number of ether oxygens (including phenoxy) is 2. The van der Waals surface area contributed by atoms with Crippen LogP contribution in [0.1, 0.15) is 48.0 Å². The van der Waals surface area contributed by atoms with Crippen LogP contribution >= 0.6 is 11.3 Å². The molecule has 1 aromatic carbocycles. The summed E-state index contributed by atoms with van der Waals surface area (Å²) < 4.78 is 10.2. The van der Waals surface area contributed by atoms with Crippen LogP contribution in [0.25, 0.3) is 0 Å². The van der Waals surface area contributed by atoms with Crippen LogP contribution in [-0.4, -0.2) is 35.2 Å². The molecule has 0 spiro atoms. The Labute approximate surface area is 154 Å². The maximum Gasteiger partial charge on any atom is 0.286 e. The molecule has 1 N–H and O–H groups in total. The van der Waals surface area contributed by atoms with Crippen LogP contribution in [0.2, 0.25) is 0 Å². The summed E-state index contributed by atoms with van der Waals surface area (Å²) in [4.78, 5) is 23.2. The van der Waals surface area contributed by atoms with E-state index in [4.69, 9.17) is 9.47 Å². The first-order valence-corrected chi connectivity index (χ1v) is 8.81. The van der Waals surface area contributed by atoms with E-state index in [1.54, 1.807) is 0 Å². The lowest BCUT2D eigenvalue weighted by Crippen LogP contribution is -2.14. The highest BCUT2D eigenvalue weighted by Crippen LogP contribution is 2.35. The van der Waals surface area contributed by atoms with Crippen LogP contribution < -0.4 is 14.8 Å². The Kier molecular flexibility index (Phi) is 6.45. The lowest BCUT2D eigenvalue weighted by Gasteiger charge is -2.10. The standard InChI is InChI=1S/C16H20N4O5S/c1-5-9(6-2)15-18-19-16(26-15)17-14(21)10-7-12(24-3)13(25-4)8-11(10)20(22)23/h7-9H,5-6H2,1-4H3,(H,17,19,21). The first-order valence-electron chi connectivity index (χ1n) is 8.00. The number of amides is 1. The van der Waals surface area contributed by atoms with Crippen molar-refractivity contribution in [2.24, 2.45) is 0 Å². The van der Waals surface area contributed by atoms with E-state index in [9.17, 15) is 14.9 Å².